The molecule has 0 N–H and O–H groups in total. The lowest BCUT2D eigenvalue weighted by Gasteiger charge is -2.28. The van der Waals surface area contributed by atoms with Crippen molar-refractivity contribution >= 4 is 99.3 Å². The van der Waals surface area contributed by atoms with Gasteiger partial charge in [0.05, 0.1) is 22.1 Å². The molecule has 0 saturated heterocycles. The van der Waals surface area contributed by atoms with Gasteiger partial charge in [-0.25, -0.2) is 0 Å². The van der Waals surface area contributed by atoms with Gasteiger partial charge in [-0.3, -0.25) is 0 Å². The van der Waals surface area contributed by atoms with Crippen LogP contribution >= 0.6 is 0 Å². The van der Waals surface area contributed by atoms with Crippen LogP contribution in [0.4, 0.5) is 34.1 Å². The maximum absolute atomic E-state index is 2.40. The molecule has 0 bridgehead atoms. The molecule has 4 heteroatoms. The van der Waals surface area contributed by atoms with Crippen LogP contribution in [0.5, 0.6) is 0 Å². The number of hydrogen-bond acceptors (Lipinski definition) is 2. The summed E-state index contributed by atoms with van der Waals surface area (Å²) in [5.41, 5.74) is 19.0. The molecule has 72 heavy (non-hydrogen) atoms. The Hall–Kier alpha value is -9.64. The van der Waals surface area contributed by atoms with E-state index in [2.05, 4.69) is 286 Å². The largest absolute Gasteiger partial charge is 0.310 e. The summed E-state index contributed by atoms with van der Waals surface area (Å²) in [6, 6.07) is 97.6. The Balaban J connectivity index is 0.808. The molecule has 0 radical (unpaired) electrons. The zero-order valence-electron chi connectivity index (χ0n) is 39.2. The van der Waals surface area contributed by atoms with Gasteiger partial charge in [-0.15, -0.1) is 0 Å². The third kappa shape index (κ3) is 6.26. The summed E-state index contributed by atoms with van der Waals surface area (Å²) in [5, 5.41) is 9.82. The first-order valence-corrected chi connectivity index (χ1v) is 24.7. The molecule has 0 spiro atoms. The first-order valence-electron chi connectivity index (χ1n) is 24.7. The summed E-state index contributed by atoms with van der Waals surface area (Å²) in [6.07, 6.45) is 0. The molecule has 2 aromatic heterocycles. The van der Waals surface area contributed by atoms with Crippen LogP contribution in [0.15, 0.2) is 267 Å². The molecule has 2 heterocycles. The molecule has 0 aliphatic heterocycles. The Morgan fingerprint density at radius 2 is 0.528 bits per heavy atom. The van der Waals surface area contributed by atoms with Crippen LogP contribution in [0, 0.1) is 0 Å². The van der Waals surface area contributed by atoms with Gasteiger partial charge in [0, 0.05) is 67.0 Å². The minimum Gasteiger partial charge on any atom is -0.310 e. The fourth-order valence-corrected chi connectivity index (χ4v) is 11.6. The fourth-order valence-electron chi connectivity index (χ4n) is 11.6. The molecular formula is C68H44N4. The third-order valence-corrected chi connectivity index (χ3v) is 14.9. The van der Waals surface area contributed by atoms with Gasteiger partial charge >= 0.3 is 0 Å². The summed E-state index contributed by atoms with van der Waals surface area (Å²) in [7, 11) is 0. The van der Waals surface area contributed by atoms with Crippen LogP contribution in [0.1, 0.15) is 0 Å². The first-order chi connectivity index (χ1) is 35.7. The molecule has 0 fully saturated rings. The molecule has 0 saturated carbocycles. The molecule has 15 rings (SSSR count). The Morgan fingerprint density at radius 3 is 0.944 bits per heavy atom. The number of benzene rings is 12. The molecule has 0 unspecified atom stereocenters. The average molecular weight is 917 g/mol. The highest BCUT2D eigenvalue weighted by molar-refractivity contribution is 6.14. The minimum absolute atomic E-state index is 1.12. The van der Waals surface area contributed by atoms with Crippen molar-refractivity contribution in [3.63, 3.8) is 0 Å². The fraction of sp³-hybridized carbons (Fsp3) is 0. The predicted octanol–water partition coefficient (Wildman–Crippen LogP) is 18.8. The van der Waals surface area contributed by atoms with Gasteiger partial charge in [0.1, 0.15) is 0 Å². The smallest absolute Gasteiger partial charge is 0.0542 e. The van der Waals surface area contributed by atoms with E-state index < -0.39 is 0 Å². The summed E-state index contributed by atoms with van der Waals surface area (Å²) >= 11 is 0. The number of aromatic nitrogens is 2. The lowest BCUT2D eigenvalue weighted by atomic mass is 9.78. The summed E-state index contributed by atoms with van der Waals surface area (Å²) in [6.45, 7) is 0. The van der Waals surface area contributed by atoms with Crippen LogP contribution < -0.4 is 9.80 Å². The average Bonchev–Trinajstić information content (AvgIpc) is 3.95. The van der Waals surface area contributed by atoms with Crippen molar-refractivity contribution in [1.82, 2.24) is 9.13 Å². The van der Waals surface area contributed by atoms with Crippen molar-refractivity contribution in [2.24, 2.45) is 0 Å². The first kappa shape index (κ1) is 40.3. The van der Waals surface area contributed by atoms with Crippen LogP contribution in [0.25, 0.3) is 98.8 Å². The van der Waals surface area contributed by atoms with Crippen LogP contribution in [-0.4, -0.2) is 9.13 Å². The van der Waals surface area contributed by atoms with Crippen molar-refractivity contribution in [2.45, 2.75) is 0 Å². The molecule has 4 nitrogen and oxygen atoms in total. The molecule has 1 aliphatic carbocycles. The summed E-state index contributed by atoms with van der Waals surface area (Å²) in [5.74, 6) is 0. The zero-order valence-corrected chi connectivity index (χ0v) is 39.2. The molecule has 12 aromatic carbocycles. The van der Waals surface area contributed by atoms with Gasteiger partial charge in [-0.1, -0.05) is 121 Å². The number of para-hydroxylation sites is 6. The molecule has 336 valence electrons. The maximum Gasteiger partial charge on any atom is 0.0542 e. The Morgan fingerprint density at radius 1 is 0.208 bits per heavy atom. The quantitative estimate of drug-likeness (QED) is 0.151. The SMILES string of the molecule is c1ccc(N(c2ccc3cc4c(cc3c2)-c2cc3ccc(N(c5ccccc5)c5ccc6c(c5)c5ccccc5n6-c5ccccc5)cc3cc2-4)c2ccc3c(c2)c2ccccc2n3-c2ccccc2)cc1. The Bertz CT molecular complexity index is 4140. The zero-order chi connectivity index (χ0) is 47.3. The van der Waals surface area contributed by atoms with Crippen LogP contribution in [0.3, 0.4) is 0 Å². The van der Waals surface area contributed by atoms with Crippen molar-refractivity contribution in [3.05, 3.63) is 267 Å². The van der Waals surface area contributed by atoms with E-state index >= 15 is 0 Å². The molecule has 0 atom stereocenters. The van der Waals surface area contributed by atoms with E-state index in [-0.39, 0.29) is 0 Å². The molecule has 0 amide bonds. The highest BCUT2D eigenvalue weighted by atomic mass is 15.1. The van der Waals surface area contributed by atoms with Crippen molar-refractivity contribution in [1.29, 1.82) is 0 Å². The van der Waals surface area contributed by atoms with Gasteiger partial charge in [-0.2, -0.15) is 0 Å². The van der Waals surface area contributed by atoms with E-state index in [4.69, 9.17) is 0 Å². The van der Waals surface area contributed by atoms with E-state index in [1.54, 1.807) is 0 Å². The Labute approximate surface area is 416 Å². The number of rotatable bonds is 8. The number of nitrogens with zero attached hydrogens (tertiary/aromatic N) is 4. The lowest BCUT2D eigenvalue weighted by molar-refractivity contribution is 1.18. The van der Waals surface area contributed by atoms with Gasteiger partial charge < -0.3 is 18.9 Å². The van der Waals surface area contributed by atoms with E-state index in [1.165, 1.54) is 87.4 Å². The second-order valence-corrected chi connectivity index (χ2v) is 19.0. The standard InChI is InChI=1S/C68H44N4/c1-5-17-49(18-6-1)69(55-33-35-67-63(43-55)57-25-13-15-27-65(57)71(67)51-21-9-3-10-22-51)53-31-29-45-39-59-61(41-47(45)37-53)60-40-46-30-32-54(38-48(46)42-62(59)60)70(50-19-7-2-8-20-50)56-34-36-68-64(44-56)58-26-14-16-28-66(58)72(68)52-23-11-4-12-24-52/h1-44H. The van der Waals surface area contributed by atoms with Gasteiger partial charge in [-0.05, 0) is 189 Å². The number of fused-ring (bicyclic) bond motifs is 12. The van der Waals surface area contributed by atoms with E-state index in [1.807, 2.05) is 0 Å². The third-order valence-electron chi connectivity index (χ3n) is 14.9. The van der Waals surface area contributed by atoms with Crippen molar-refractivity contribution < 1.29 is 0 Å². The molecule has 1 aliphatic rings. The predicted molar refractivity (Wildman–Crippen MR) is 304 cm³/mol. The lowest BCUT2D eigenvalue weighted by Crippen LogP contribution is -2.10. The van der Waals surface area contributed by atoms with Gasteiger partial charge in [0.2, 0.25) is 0 Å². The van der Waals surface area contributed by atoms with Crippen LogP contribution in [-0.2, 0) is 0 Å². The topological polar surface area (TPSA) is 16.3 Å². The number of hydrogen-bond donors (Lipinski definition) is 0. The van der Waals surface area contributed by atoms with E-state index in [9.17, 15) is 0 Å². The summed E-state index contributed by atoms with van der Waals surface area (Å²) in [4.78, 5) is 4.79. The molecule has 14 aromatic rings. The second kappa shape index (κ2) is 16.0. The summed E-state index contributed by atoms with van der Waals surface area (Å²) < 4.78 is 4.75. The Kier molecular flexibility index (Phi) is 8.92. The second-order valence-electron chi connectivity index (χ2n) is 19.0. The van der Waals surface area contributed by atoms with Crippen LogP contribution in [0.2, 0.25) is 0 Å². The normalized spacial score (nSPS) is 11.9. The molecular weight excluding hydrogens is 873 g/mol. The number of anilines is 6. The van der Waals surface area contributed by atoms with Crippen molar-refractivity contribution in [2.75, 3.05) is 9.80 Å². The highest BCUT2D eigenvalue weighted by Crippen LogP contribution is 2.52. The highest BCUT2D eigenvalue weighted by Gasteiger charge is 2.26. The van der Waals surface area contributed by atoms with E-state index in [0.717, 1.165) is 45.5 Å². The minimum atomic E-state index is 1.12. The maximum atomic E-state index is 2.40. The van der Waals surface area contributed by atoms with E-state index in [0.29, 0.717) is 0 Å². The monoisotopic (exact) mass is 916 g/mol. The van der Waals surface area contributed by atoms with Gasteiger partial charge in [0.25, 0.3) is 0 Å². The van der Waals surface area contributed by atoms with Gasteiger partial charge in [0.15, 0.2) is 0 Å². The van der Waals surface area contributed by atoms with Crippen molar-refractivity contribution in [3.8, 4) is 33.6 Å².